The van der Waals surface area contributed by atoms with Gasteiger partial charge < -0.3 is 15.2 Å². The molecule has 4 rings (SSSR count). The van der Waals surface area contributed by atoms with Crippen LogP contribution < -0.4 is 5.32 Å². The molecule has 0 saturated heterocycles. The maximum Gasteiger partial charge on any atom is 0.320 e. The maximum atomic E-state index is 12.5. The van der Waals surface area contributed by atoms with Crippen LogP contribution in [0.3, 0.4) is 0 Å². The van der Waals surface area contributed by atoms with Gasteiger partial charge in [-0.3, -0.25) is 9.59 Å². The van der Waals surface area contributed by atoms with E-state index in [1.807, 2.05) is 6.92 Å². The number of ketones is 1. The minimum atomic E-state index is -0.838. The molecule has 0 heterocycles. The highest BCUT2D eigenvalue weighted by atomic mass is 16.6. The Morgan fingerprint density at radius 1 is 0.970 bits per heavy atom. The van der Waals surface area contributed by atoms with Crippen LogP contribution in [0.4, 0.5) is 0 Å². The first-order chi connectivity index (χ1) is 15.3. The molecule has 5 nitrogen and oxygen atoms in total. The fraction of sp³-hybridized carbons (Fsp3) is 0.929. The smallest absolute Gasteiger partial charge is 0.320 e. The Morgan fingerprint density at radius 3 is 2.33 bits per heavy atom. The van der Waals surface area contributed by atoms with E-state index >= 15 is 0 Å². The van der Waals surface area contributed by atoms with Gasteiger partial charge in [0.2, 0.25) is 0 Å². The molecule has 8 atom stereocenters. The van der Waals surface area contributed by atoms with E-state index in [0.29, 0.717) is 29.6 Å². The van der Waals surface area contributed by atoms with Gasteiger partial charge in [0.25, 0.3) is 0 Å². The molecule has 4 saturated carbocycles. The molecule has 0 aromatic heterocycles. The number of Topliss-reactive ketones (excluding diaryl/α,β-unsaturated/α-hetero) is 1. The molecule has 4 aliphatic carbocycles. The minimum Gasteiger partial charge on any atom is -0.458 e. The Kier molecular flexibility index (Phi) is 6.57. The summed E-state index contributed by atoms with van der Waals surface area (Å²) in [6.07, 6.45) is 10.3. The van der Waals surface area contributed by atoms with Gasteiger partial charge in [-0.2, -0.15) is 0 Å². The van der Waals surface area contributed by atoms with Crippen molar-refractivity contribution in [3.63, 3.8) is 0 Å². The van der Waals surface area contributed by atoms with Crippen LogP contribution in [0.2, 0.25) is 0 Å². The minimum absolute atomic E-state index is 0.143. The standard InChI is InChI=1S/C28H47NO4/c1-18(30)21-9-10-22-20-8-7-19-15-26(4,33-24(31)16-29-17-25(2,3)32)13-14-27(19,5)23(20)11-12-28(21,22)6/h19-23,29,32H,7-17H2,1-6H3/t19-,20-,21+,22-,23-,26+,27-,28+/m0/s1. The van der Waals surface area contributed by atoms with Gasteiger partial charge in [0.15, 0.2) is 0 Å². The lowest BCUT2D eigenvalue weighted by Crippen LogP contribution is -2.56. The Balaban J connectivity index is 1.40. The molecule has 2 N–H and O–H groups in total. The van der Waals surface area contributed by atoms with Crippen molar-refractivity contribution in [1.82, 2.24) is 5.32 Å². The average Bonchev–Trinajstić information content (AvgIpc) is 3.05. The van der Waals surface area contributed by atoms with Crippen molar-refractivity contribution in [3.8, 4) is 0 Å². The van der Waals surface area contributed by atoms with Crippen LogP contribution >= 0.6 is 0 Å². The van der Waals surface area contributed by atoms with E-state index in [1.165, 1.54) is 32.1 Å². The van der Waals surface area contributed by atoms with Crippen LogP contribution in [0.25, 0.3) is 0 Å². The topological polar surface area (TPSA) is 75.6 Å². The fourth-order valence-corrected chi connectivity index (χ4v) is 8.96. The predicted molar refractivity (Wildman–Crippen MR) is 130 cm³/mol. The van der Waals surface area contributed by atoms with Crippen molar-refractivity contribution in [2.75, 3.05) is 13.1 Å². The van der Waals surface area contributed by atoms with Crippen molar-refractivity contribution in [1.29, 1.82) is 0 Å². The van der Waals surface area contributed by atoms with E-state index in [0.717, 1.165) is 37.5 Å². The molecule has 33 heavy (non-hydrogen) atoms. The number of hydrogen-bond donors (Lipinski definition) is 2. The molecule has 0 aliphatic heterocycles. The molecule has 0 aromatic carbocycles. The third-order valence-electron chi connectivity index (χ3n) is 10.6. The van der Waals surface area contributed by atoms with Gasteiger partial charge in [0.05, 0.1) is 12.1 Å². The van der Waals surface area contributed by atoms with E-state index < -0.39 is 5.60 Å². The molecule has 0 spiro atoms. The predicted octanol–water partition coefficient (Wildman–Crippen LogP) is 4.90. The number of aliphatic hydroxyl groups is 1. The fourth-order valence-electron chi connectivity index (χ4n) is 8.96. The average molecular weight is 462 g/mol. The van der Waals surface area contributed by atoms with Crippen LogP contribution in [0, 0.1) is 40.4 Å². The van der Waals surface area contributed by atoms with Gasteiger partial charge in [0, 0.05) is 12.5 Å². The summed E-state index contributed by atoms with van der Waals surface area (Å²) in [6, 6.07) is 0. The molecule has 0 unspecified atom stereocenters. The number of fused-ring (bicyclic) bond motifs is 5. The zero-order valence-corrected chi connectivity index (χ0v) is 21.8. The van der Waals surface area contributed by atoms with Crippen LogP contribution in [0.5, 0.6) is 0 Å². The van der Waals surface area contributed by atoms with E-state index in [1.54, 1.807) is 13.8 Å². The third kappa shape index (κ3) is 4.66. The second-order valence-electron chi connectivity index (χ2n) is 13.5. The molecule has 5 heteroatoms. The quantitative estimate of drug-likeness (QED) is 0.551. The first-order valence-corrected chi connectivity index (χ1v) is 13.4. The molecule has 0 bridgehead atoms. The van der Waals surface area contributed by atoms with E-state index in [2.05, 4.69) is 26.1 Å². The van der Waals surface area contributed by atoms with E-state index in [9.17, 15) is 14.7 Å². The first-order valence-electron chi connectivity index (χ1n) is 13.4. The molecular weight excluding hydrogens is 414 g/mol. The van der Waals surface area contributed by atoms with Crippen molar-refractivity contribution in [3.05, 3.63) is 0 Å². The largest absolute Gasteiger partial charge is 0.458 e. The second kappa shape index (κ2) is 8.62. The Bertz CT molecular complexity index is 774. The zero-order chi connectivity index (χ0) is 24.2. The summed E-state index contributed by atoms with van der Waals surface area (Å²) >= 11 is 0. The van der Waals surface area contributed by atoms with Gasteiger partial charge >= 0.3 is 5.97 Å². The highest BCUT2D eigenvalue weighted by molar-refractivity contribution is 5.79. The van der Waals surface area contributed by atoms with Gasteiger partial charge in [-0.25, -0.2) is 0 Å². The zero-order valence-electron chi connectivity index (χ0n) is 21.8. The van der Waals surface area contributed by atoms with Gasteiger partial charge in [0.1, 0.15) is 11.4 Å². The summed E-state index contributed by atoms with van der Waals surface area (Å²) in [5.74, 6) is 3.27. The second-order valence-corrected chi connectivity index (χ2v) is 13.5. The first kappa shape index (κ1) is 25.2. The van der Waals surface area contributed by atoms with Crippen LogP contribution in [-0.2, 0) is 14.3 Å². The molecule has 4 fully saturated rings. The lowest BCUT2D eigenvalue weighted by molar-refractivity contribution is -0.180. The van der Waals surface area contributed by atoms with E-state index in [-0.39, 0.29) is 29.4 Å². The summed E-state index contributed by atoms with van der Waals surface area (Å²) in [7, 11) is 0. The lowest BCUT2D eigenvalue weighted by Gasteiger charge is -2.62. The molecule has 0 radical (unpaired) electrons. The Hall–Kier alpha value is -0.940. The molecule has 0 aromatic rings. The number of nitrogens with one attached hydrogen (secondary N) is 1. The molecule has 0 amide bonds. The number of rotatable bonds is 6. The summed E-state index contributed by atoms with van der Waals surface area (Å²) in [5.41, 5.74) is -0.690. The number of ether oxygens (including phenoxy) is 1. The maximum absolute atomic E-state index is 12.5. The van der Waals surface area contributed by atoms with Crippen molar-refractivity contribution < 1.29 is 19.4 Å². The number of esters is 1. The summed E-state index contributed by atoms with van der Waals surface area (Å²) in [6.45, 7) is 12.8. The van der Waals surface area contributed by atoms with Crippen LogP contribution in [0.15, 0.2) is 0 Å². The van der Waals surface area contributed by atoms with E-state index in [4.69, 9.17) is 4.74 Å². The Labute approximate surface area is 200 Å². The van der Waals surface area contributed by atoms with Crippen LogP contribution in [-0.4, -0.2) is 41.2 Å². The molecular formula is C28H47NO4. The van der Waals surface area contributed by atoms with Gasteiger partial charge in [-0.1, -0.05) is 13.8 Å². The number of carbonyl (C=O) groups is 2. The highest BCUT2D eigenvalue weighted by Crippen LogP contribution is 2.68. The van der Waals surface area contributed by atoms with Crippen LogP contribution in [0.1, 0.15) is 99.3 Å². The SMILES string of the molecule is CC(=O)[C@H]1CC[C@H]2[C@@H]3CC[C@H]4C[C@](C)(OC(=O)CNCC(C)(C)O)CC[C@]4(C)[C@H]3CC[C@]12C. The number of carbonyl (C=O) groups excluding carboxylic acids is 2. The van der Waals surface area contributed by atoms with Crippen molar-refractivity contribution >= 4 is 11.8 Å². The summed E-state index contributed by atoms with van der Waals surface area (Å²) in [4.78, 5) is 24.9. The Morgan fingerprint density at radius 2 is 1.67 bits per heavy atom. The highest BCUT2D eigenvalue weighted by Gasteiger charge is 2.61. The normalized spacial score (nSPS) is 45.0. The van der Waals surface area contributed by atoms with Gasteiger partial charge in [-0.05, 0) is 120 Å². The lowest BCUT2D eigenvalue weighted by atomic mass is 9.44. The summed E-state index contributed by atoms with van der Waals surface area (Å²) < 4.78 is 6.03. The number of hydrogen-bond acceptors (Lipinski definition) is 5. The van der Waals surface area contributed by atoms with Gasteiger partial charge in [-0.15, -0.1) is 0 Å². The summed E-state index contributed by atoms with van der Waals surface area (Å²) in [5, 5.41) is 12.9. The molecule has 4 aliphatic rings. The van der Waals surface area contributed by atoms with Crippen molar-refractivity contribution in [2.24, 2.45) is 40.4 Å². The third-order valence-corrected chi connectivity index (χ3v) is 10.6. The monoisotopic (exact) mass is 461 g/mol. The van der Waals surface area contributed by atoms with Crippen molar-refractivity contribution in [2.45, 2.75) is 111 Å². The molecule has 188 valence electrons.